The number of carbonyl (C=O) groups is 1. The highest BCUT2D eigenvalue weighted by Crippen LogP contribution is 2.21. The van der Waals surface area contributed by atoms with Gasteiger partial charge in [-0.15, -0.1) is 0 Å². The van der Waals surface area contributed by atoms with Crippen molar-refractivity contribution in [2.24, 2.45) is 0 Å². The Labute approximate surface area is 137 Å². The predicted octanol–water partition coefficient (Wildman–Crippen LogP) is 2.63. The number of aryl methyl sites for hydroxylation is 1. The summed E-state index contributed by atoms with van der Waals surface area (Å²) in [6.45, 7) is 2.65. The monoisotopic (exact) mass is 313 g/mol. The first kappa shape index (κ1) is 17.0. The number of aromatic hydroxyl groups is 1. The third kappa shape index (κ3) is 4.57. The molecule has 1 amide bonds. The van der Waals surface area contributed by atoms with E-state index in [1.165, 1.54) is 0 Å². The molecule has 0 fully saturated rings. The molecule has 0 radical (unpaired) electrons. The van der Waals surface area contributed by atoms with Gasteiger partial charge in [-0.2, -0.15) is 0 Å². The van der Waals surface area contributed by atoms with Gasteiger partial charge in [-0.25, -0.2) is 0 Å². The fourth-order valence-corrected chi connectivity index (χ4v) is 2.49. The molecule has 23 heavy (non-hydrogen) atoms. The second-order valence-electron chi connectivity index (χ2n) is 5.46. The molecule has 0 saturated carbocycles. The lowest BCUT2D eigenvalue weighted by atomic mass is 10.1. The van der Waals surface area contributed by atoms with E-state index in [0.29, 0.717) is 18.5 Å². The molecule has 0 unspecified atom stereocenters. The Kier molecular flexibility index (Phi) is 6.18. The van der Waals surface area contributed by atoms with Crippen molar-refractivity contribution in [2.45, 2.75) is 19.8 Å². The Morgan fingerprint density at radius 1 is 1.04 bits per heavy atom. The summed E-state index contributed by atoms with van der Waals surface area (Å²) in [5.41, 5.74) is 2.43. The minimum atomic E-state index is -0.247. The van der Waals surface area contributed by atoms with Crippen molar-refractivity contribution in [1.29, 1.82) is 0 Å². The maximum atomic E-state index is 12.7. The van der Waals surface area contributed by atoms with Crippen LogP contribution in [0.1, 0.15) is 28.4 Å². The van der Waals surface area contributed by atoms with Crippen molar-refractivity contribution in [2.75, 3.05) is 19.7 Å². The largest absolute Gasteiger partial charge is 0.507 e. The molecule has 2 rings (SSSR count). The van der Waals surface area contributed by atoms with E-state index in [-0.39, 0.29) is 24.8 Å². The van der Waals surface area contributed by atoms with Crippen LogP contribution in [0.2, 0.25) is 0 Å². The van der Waals surface area contributed by atoms with Gasteiger partial charge in [0.1, 0.15) is 5.75 Å². The quantitative estimate of drug-likeness (QED) is 0.826. The third-order valence-electron chi connectivity index (χ3n) is 3.87. The van der Waals surface area contributed by atoms with Crippen LogP contribution in [0.4, 0.5) is 0 Å². The van der Waals surface area contributed by atoms with E-state index in [0.717, 1.165) is 17.5 Å². The SMILES string of the molecule is CCc1ccc(O)c(C(=O)N(CCO)CCc2ccccc2)c1. The second kappa shape index (κ2) is 8.34. The lowest BCUT2D eigenvalue weighted by Crippen LogP contribution is -2.35. The summed E-state index contributed by atoms with van der Waals surface area (Å²) in [5, 5.41) is 19.2. The van der Waals surface area contributed by atoms with Gasteiger partial charge < -0.3 is 15.1 Å². The molecule has 0 bridgehead atoms. The lowest BCUT2D eigenvalue weighted by Gasteiger charge is -2.22. The van der Waals surface area contributed by atoms with E-state index in [9.17, 15) is 15.0 Å². The Hall–Kier alpha value is -2.33. The summed E-state index contributed by atoms with van der Waals surface area (Å²) in [6.07, 6.45) is 1.51. The van der Waals surface area contributed by atoms with Gasteiger partial charge in [-0.3, -0.25) is 4.79 Å². The number of aliphatic hydroxyl groups excluding tert-OH is 1. The maximum Gasteiger partial charge on any atom is 0.257 e. The number of hydrogen-bond acceptors (Lipinski definition) is 3. The van der Waals surface area contributed by atoms with Gasteiger partial charge in [-0.05, 0) is 36.1 Å². The molecule has 122 valence electrons. The summed E-state index contributed by atoms with van der Waals surface area (Å²) in [4.78, 5) is 14.3. The van der Waals surface area contributed by atoms with Gasteiger partial charge in [-0.1, -0.05) is 43.3 Å². The molecule has 2 aromatic rings. The van der Waals surface area contributed by atoms with Crippen LogP contribution in [-0.2, 0) is 12.8 Å². The Balaban J connectivity index is 2.14. The van der Waals surface area contributed by atoms with Crippen LogP contribution in [0.25, 0.3) is 0 Å². The van der Waals surface area contributed by atoms with Crippen LogP contribution in [0.3, 0.4) is 0 Å². The second-order valence-corrected chi connectivity index (χ2v) is 5.46. The summed E-state index contributed by atoms with van der Waals surface area (Å²) in [6, 6.07) is 15.0. The van der Waals surface area contributed by atoms with Crippen molar-refractivity contribution < 1.29 is 15.0 Å². The minimum absolute atomic E-state index is 0.0187. The summed E-state index contributed by atoms with van der Waals surface area (Å²) >= 11 is 0. The van der Waals surface area contributed by atoms with Gasteiger partial charge in [0.25, 0.3) is 5.91 Å². The molecule has 0 aliphatic heterocycles. The first-order valence-corrected chi connectivity index (χ1v) is 7.91. The molecule has 4 nitrogen and oxygen atoms in total. The number of nitrogens with zero attached hydrogens (tertiary/aromatic N) is 1. The summed E-state index contributed by atoms with van der Waals surface area (Å²) in [5.74, 6) is -0.266. The third-order valence-corrected chi connectivity index (χ3v) is 3.87. The Morgan fingerprint density at radius 2 is 1.78 bits per heavy atom. The van der Waals surface area contributed by atoms with E-state index in [1.54, 1.807) is 17.0 Å². The molecule has 2 N–H and O–H groups in total. The highest BCUT2D eigenvalue weighted by molar-refractivity contribution is 5.97. The Bertz CT molecular complexity index is 640. The van der Waals surface area contributed by atoms with E-state index in [2.05, 4.69) is 0 Å². The molecule has 0 aromatic heterocycles. The van der Waals surface area contributed by atoms with E-state index < -0.39 is 0 Å². The van der Waals surface area contributed by atoms with Gasteiger partial charge in [0, 0.05) is 13.1 Å². The molecule has 0 aliphatic carbocycles. The topological polar surface area (TPSA) is 60.8 Å². The zero-order chi connectivity index (χ0) is 16.7. The van der Waals surface area contributed by atoms with E-state index in [4.69, 9.17) is 0 Å². The van der Waals surface area contributed by atoms with Crippen molar-refractivity contribution in [3.8, 4) is 5.75 Å². The van der Waals surface area contributed by atoms with Crippen molar-refractivity contribution in [3.63, 3.8) is 0 Å². The molecule has 0 atom stereocenters. The van der Waals surface area contributed by atoms with Crippen molar-refractivity contribution in [3.05, 3.63) is 65.2 Å². The molecule has 0 heterocycles. The van der Waals surface area contributed by atoms with Crippen LogP contribution < -0.4 is 0 Å². The summed E-state index contributed by atoms with van der Waals surface area (Å²) in [7, 11) is 0. The maximum absolute atomic E-state index is 12.7. The number of benzene rings is 2. The minimum Gasteiger partial charge on any atom is -0.507 e. The number of hydrogen-bond donors (Lipinski definition) is 2. The van der Waals surface area contributed by atoms with E-state index in [1.807, 2.05) is 43.3 Å². The molecule has 0 aliphatic rings. The Morgan fingerprint density at radius 3 is 2.43 bits per heavy atom. The fraction of sp³-hybridized carbons (Fsp3) is 0.316. The van der Waals surface area contributed by atoms with Crippen molar-refractivity contribution in [1.82, 2.24) is 4.90 Å². The first-order valence-electron chi connectivity index (χ1n) is 7.91. The van der Waals surface area contributed by atoms with Crippen LogP contribution in [0.5, 0.6) is 5.75 Å². The standard InChI is InChI=1S/C19H23NO3/c1-2-15-8-9-18(22)17(14-15)19(23)20(12-13-21)11-10-16-6-4-3-5-7-16/h3-9,14,21-22H,2,10-13H2,1H3. The number of rotatable bonds is 7. The smallest absolute Gasteiger partial charge is 0.257 e. The molecular weight excluding hydrogens is 290 g/mol. The predicted molar refractivity (Wildman–Crippen MR) is 90.6 cm³/mol. The van der Waals surface area contributed by atoms with Gasteiger partial charge in [0.2, 0.25) is 0 Å². The number of carbonyl (C=O) groups excluding carboxylic acids is 1. The first-order chi connectivity index (χ1) is 11.2. The molecule has 0 spiro atoms. The van der Waals surface area contributed by atoms with Crippen LogP contribution in [-0.4, -0.2) is 40.7 Å². The molecular formula is C19H23NO3. The normalized spacial score (nSPS) is 10.5. The molecule has 4 heteroatoms. The zero-order valence-corrected chi connectivity index (χ0v) is 13.4. The van der Waals surface area contributed by atoms with Crippen molar-refractivity contribution >= 4 is 5.91 Å². The average Bonchev–Trinajstić information content (AvgIpc) is 2.59. The highest BCUT2D eigenvalue weighted by atomic mass is 16.3. The highest BCUT2D eigenvalue weighted by Gasteiger charge is 2.19. The number of phenolic OH excluding ortho intramolecular Hbond substituents is 1. The molecule has 0 saturated heterocycles. The van der Waals surface area contributed by atoms with Gasteiger partial charge in [0.15, 0.2) is 0 Å². The number of amides is 1. The van der Waals surface area contributed by atoms with E-state index >= 15 is 0 Å². The van der Waals surface area contributed by atoms with Crippen LogP contribution >= 0.6 is 0 Å². The molecule has 2 aromatic carbocycles. The zero-order valence-electron chi connectivity index (χ0n) is 13.4. The van der Waals surface area contributed by atoms with Crippen LogP contribution in [0.15, 0.2) is 48.5 Å². The van der Waals surface area contributed by atoms with Gasteiger partial charge >= 0.3 is 0 Å². The van der Waals surface area contributed by atoms with Crippen LogP contribution in [0, 0.1) is 0 Å². The number of phenols is 1. The average molecular weight is 313 g/mol. The lowest BCUT2D eigenvalue weighted by molar-refractivity contribution is 0.0721. The fourth-order valence-electron chi connectivity index (χ4n) is 2.49. The number of aliphatic hydroxyl groups is 1. The summed E-state index contributed by atoms with van der Waals surface area (Å²) < 4.78 is 0. The van der Waals surface area contributed by atoms with Gasteiger partial charge in [0.05, 0.1) is 12.2 Å².